The molecule has 3 N–H and O–H groups in total. The Morgan fingerprint density at radius 1 is 1.19 bits per heavy atom. The van der Waals surface area contributed by atoms with E-state index in [-0.39, 0.29) is 19.1 Å². The summed E-state index contributed by atoms with van der Waals surface area (Å²) in [5.41, 5.74) is 0.338. The smallest absolute Gasteiger partial charge is 0.227 e. The predicted molar refractivity (Wildman–Crippen MR) is 139 cm³/mol. The molecule has 10 heteroatoms. The summed E-state index contributed by atoms with van der Waals surface area (Å²) in [6, 6.07) is 4.14. The Balaban J connectivity index is 1.46. The highest BCUT2D eigenvalue weighted by atomic mass is 19.1. The number of alkyl halides is 1. The Morgan fingerprint density at radius 3 is 2.67 bits per heavy atom. The lowest BCUT2D eigenvalue weighted by molar-refractivity contribution is -0.0257. The van der Waals surface area contributed by atoms with Gasteiger partial charge in [-0.3, -0.25) is 0 Å². The third-order valence-corrected chi connectivity index (χ3v) is 7.50. The molecule has 192 valence electrons. The van der Waals surface area contributed by atoms with Gasteiger partial charge < -0.3 is 25.3 Å². The number of aromatic nitrogens is 4. The average molecular weight is 496 g/mol. The molecular formula is C26H34FN7O2. The van der Waals surface area contributed by atoms with Crippen LogP contribution in [0.3, 0.4) is 0 Å². The zero-order chi connectivity index (χ0) is 25.6. The van der Waals surface area contributed by atoms with E-state index < -0.39 is 17.7 Å². The first-order chi connectivity index (χ1) is 17.2. The number of hydrogen-bond donors (Lipinski definition) is 3. The van der Waals surface area contributed by atoms with Gasteiger partial charge in [0, 0.05) is 61.0 Å². The first kappa shape index (κ1) is 24.6. The maximum Gasteiger partial charge on any atom is 0.227 e. The molecule has 36 heavy (non-hydrogen) atoms. The predicted octanol–water partition coefficient (Wildman–Crippen LogP) is 3.40. The highest BCUT2D eigenvalue weighted by Gasteiger charge is 2.42. The number of nitrogens with one attached hydrogen (secondary N) is 1. The summed E-state index contributed by atoms with van der Waals surface area (Å²) in [5, 5.41) is 25.2. The topological polar surface area (TPSA) is 111 Å². The van der Waals surface area contributed by atoms with Gasteiger partial charge in [-0.05, 0) is 36.4 Å². The number of rotatable bonds is 6. The number of aliphatic hydroxyl groups excluding tert-OH is 2. The quantitative estimate of drug-likeness (QED) is 0.474. The van der Waals surface area contributed by atoms with Gasteiger partial charge in [-0.1, -0.05) is 20.8 Å². The summed E-state index contributed by atoms with van der Waals surface area (Å²) in [4.78, 5) is 22.4. The van der Waals surface area contributed by atoms with Crippen LogP contribution in [0.15, 0.2) is 30.7 Å². The lowest BCUT2D eigenvalue weighted by atomic mass is 9.80. The molecule has 3 aromatic heterocycles. The van der Waals surface area contributed by atoms with Crippen molar-refractivity contribution in [2.45, 2.75) is 58.4 Å². The molecule has 2 aliphatic rings. The van der Waals surface area contributed by atoms with Gasteiger partial charge in [0.1, 0.15) is 23.6 Å². The van der Waals surface area contributed by atoms with Gasteiger partial charge in [0.25, 0.3) is 0 Å². The maximum atomic E-state index is 14.5. The van der Waals surface area contributed by atoms with Crippen LogP contribution < -0.4 is 15.1 Å². The van der Waals surface area contributed by atoms with E-state index in [9.17, 15) is 14.6 Å². The van der Waals surface area contributed by atoms with E-state index in [1.165, 1.54) is 0 Å². The first-order valence-electron chi connectivity index (χ1n) is 12.5. The molecule has 0 saturated carbocycles. The number of piperidine rings is 1. The van der Waals surface area contributed by atoms with Gasteiger partial charge in [-0.25, -0.2) is 19.3 Å². The fourth-order valence-corrected chi connectivity index (χ4v) is 5.07. The summed E-state index contributed by atoms with van der Waals surface area (Å²) < 4.78 is 14.5. The highest BCUT2D eigenvalue weighted by Crippen LogP contribution is 2.36. The van der Waals surface area contributed by atoms with E-state index in [4.69, 9.17) is 4.98 Å². The number of nitrogens with zero attached hydrogens (tertiary/aromatic N) is 6. The largest absolute Gasteiger partial charge is 0.396 e. The van der Waals surface area contributed by atoms with Gasteiger partial charge in [0.15, 0.2) is 0 Å². The molecule has 5 heterocycles. The number of hydrogen-bond acceptors (Lipinski definition) is 9. The van der Waals surface area contributed by atoms with Gasteiger partial charge in [0.2, 0.25) is 5.95 Å². The lowest BCUT2D eigenvalue weighted by Gasteiger charge is -2.43. The van der Waals surface area contributed by atoms with Crippen molar-refractivity contribution in [2.24, 2.45) is 5.41 Å². The standard InChI is InChI=1S/C26H34FN7O2/c1-15(13-35)18-10-30-24(34-8-6-16(34)2)19-11-29-22(9-17(18)19)31-21-5-7-28-25(32-21)33-12-20(27)23(36)26(3,4)14-33/h5,7,9-11,15-16,20,23,35-36H,6,8,12-14H2,1-4H3,(H,28,29,31,32)/t15-,16-,20?,23?/m1/s1. The molecule has 2 unspecified atom stereocenters. The minimum Gasteiger partial charge on any atom is -0.396 e. The summed E-state index contributed by atoms with van der Waals surface area (Å²) in [6.07, 6.45) is 4.05. The molecule has 2 aliphatic heterocycles. The molecule has 4 atom stereocenters. The van der Waals surface area contributed by atoms with Gasteiger partial charge in [0.05, 0.1) is 12.6 Å². The Hall–Kier alpha value is -3.11. The molecule has 2 saturated heterocycles. The molecule has 9 nitrogen and oxygen atoms in total. The summed E-state index contributed by atoms with van der Waals surface area (Å²) in [5.74, 6) is 2.38. The average Bonchev–Trinajstić information content (AvgIpc) is 2.85. The third kappa shape index (κ3) is 4.43. The zero-order valence-corrected chi connectivity index (χ0v) is 21.2. The van der Waals surface area contributed by atoms with E-state index in [2.05, 4.69) is 32.1 Å². The van der Waals surface area contributed by atoms with Crippen LogP contribution in [-0.2, 0) is 0 Å². The van der Waals surface area contributed by atoms with Gasteiger partial charge >= 0.3 is 0 Å². The monoisotopic (exact) mass is 495 g/mol. The molecule has 0 spiro atoms. The number of fused-ring (bicyclic) bond motifs is 1. The van der Waals surface area contributed by atoms with Crippen molar-refractivity contribution >= 4 is 34.2 Å². The normalized spacial score (nSPS) is 24.5. The van der Waals surface area contributed by atoms with Crippen molar-refractivity contribution in [3.8, 4) is 0 Å². The molecular weight excluding hydrogens is 461 g/mol. The van der Waals surface area contributed by atoms with E-state index in [1.54, 1.807) is 17.2 Å². The fraction of sp³-hybridized carbons (Fsp3) is 0.538. The number of pyridine rings is 2. The second-order valence-electron chi connectivity index (χ2n) is 10.8. The van der Waals surface area contributed by atoms with Crippen molar-refractivity contribution < 1.29 is 14.6 Å². The molecule has 0 bridgehead atoms. The van der Waals surface area contributed by atoms with E-state index in [0.29, 0.717) is 30.2 Å². The van der Waals surface area contributed by atoms with Crippen LogP contribution in [0.1, 0.15) is 45.6 Å². The van der Waals surface area contributed by atoms with E-state index in [1.807, 2.05) is 39.2 Å². The molecule has 0 amide bonds. The minimum atomic E-state index is -1.38. The minimum absolute atomic E-state index is 0.0209. The van der Waals surface area contributed by atoms with E-state index >= 15 is 0 Å². The van der Waals surface area contributed by atoms with Crippen molar-refractivity contribution in [2.75, 3.05) is 41.4 Å². The van der Waals surface area contributed by atoms with Crippen LogP contribution >= 0.6 is 0 Å². The number of anilines is 4. The Morgan fingerprint density at radius 2 is 2.00 bits per heavy atom. The fourth-order valence-electron chi connectivity index (χ4n) is 5.07. The molecule has 0 radical (unpaired) electrons. The molecule has 5 rings (SSSR count). The summed E-state index contributed by atoms with van der Waals surface area (Å²) in [7, 11) is 0. The Labute approximate surface area is 210 Å². The van der Waals surface area contributed by atoms with Crippen LogP contribution in [0.25, 0.3) is 10.8 Å². The van der Waals surface area contributed by atoms with Crippen molar-refractivity contribution in [3.63, 3.8) is 0 Å². The first-order valence-corrected chi connectivity index (χ1v) is 12.5. The van der Waals surface area contributed by atoms with Crippen molar-refractivity contribution in [1.29, 1.82) is 0 Å². The second-order valence-corrected chi connectivity index (χ2v) is 10.8. The number of aliphatic hydroxyl groups is 2. The van der Waals surface area contributed by atoms with Crippen LogP contribution in [-0.4, -0.2) is 74.7 Å². The maximum absolute atomic E-state index is 14.5. The van der Waals surface area contributed by atoms with Crippen molar-refractivity contribution in [3.05, 3.63) is 36.3 Å². The van der Waals surface area contributed by atoms with Crippen molar-refractivity contribution in [1.82, 2.24) is 19.9 Å². The van der Waals surface area contributed by atoms with Crippen LogP contribution in [0.4, 0.5) is 27.8 Å². The molecule has 3 aromatic rings. The Kier molecular flexibility index (Phi) is 6.42. The van der Waals surface area contributed by atoms with Crippen LogP contribution in [0.5, 0.6) is 0 Å². The van der Waals surface area contributed by atoms with Crippen LogP contribution in [0.2, 0.25) is 0 Å². The summed E-state index contributed by atoms with van der Waals surface area (Å²) >= 11 is 0. The van der Waals surface area contributed by atoms with E-state index in [0.717, 1.165) is 35.1 Å². The molecule has 2 fully saturated rings. The lowest BCUT2D eigenvalue weighted by Crippen LogP contribution is -2.55. The zero-order valence-electron chi connectivity index (χ0n) is 21.2. The van der Waals surface area contributed by atoms with Gasteiger partial charge in [-0.15, -0.1) is 0 Å². The number of halogens is 1. The Bertz CT molecular complexity index is 1260. The summed E-state index contributed by atoms with van der Waals surface area (Å²) in [6.45, 7) is 9.31. The third-order valence-electron chi connectivity index (χ3n) is 7.50. The SMILES string of the molecule is C[C@H](CO)c1cnc(N2CC[C@H]2C)c2cnc(Nc3ccnc(N4CC(F)C(O)C(C)(C)C4)n3)cc12. The second kappa shape index (κ2) is 9.40. The molecule has 0 aliphatic carbocycles. The highest BCUT2D eigenvalue weighted by molar-refractivity contribution is 5.96. The van der Waals surface area contributed by atoms with Gasteiger partial charge in [-0.2, -0.15) is 4.98 Å². The van der Waals surface area contributed by atoms with Crippen LogP contribution in [0, 0.1) is 5.41 Å². The molecule has 0 aromatic carbocycles.